The van der Waals surface area contributed by atoms with E-state index in [-0.39, 0.29) is 31.6 Å². The van der Waals surface area contributed by atoms with Crippen LogP contribution in [0.3, 0.4) is 0 Å². The SMILES string of the molecule is CC/C=C\C/C=C\C/C=C\C/C=C\C/C=C\C/C=C\C/C=C\CCCCCCCCCCCCCCCC(=O)OCC(COC(=O)CCCCCCCC)OC(=O)C/C=C\C/C=C\C/C=C\C/C=C\C/C=C\CC. The molecule has 0 radical (unpaired) electrons. The van der Waals surface area contributed by atoms with E-state index in [1.54, 1.807) is 6.08 Å². The number of unbranched alkanes of at least 4 members (excludes halogenated alkanes) is 18. The predicted octanol–water partition coefficient (Wildman–Crippen LogP) is 20.4. The monoisotopic (exact) mass is 1020 g/mol. The molecule has 0 heterocycles. The van der Waals surface area contributed by atoms with Gasteiger partial charge in [0.2, 0.25) is 0 Å². The van der Waals surface area contributed by atoms with Gasteiger partial charge in [-0.3, -0.25) is 14.4 Å². The Labute approximate surface area is 455 Å². The lowest BCUT2D eigenvalue weighted by atomic mass is 10.0. The highest BCUT2D eigenvalue weighted by molar-refractivity contribution is 5.72. The van der Waals surface area contributed by atoms with Gasteiger partial charge in [0.25, 0.3) is 0 Å². The Morgan fingerprint density at radius 3 is 0.892 bits per heavy atom. The molecule has 74 heavy (non-hydrogen) atoms. The molecule has 0 saturated carbocycles. The molecule has 0 rings (SSSR count). The molecular weight excluding hydrogens is 913 g/mol. The zero-order chi connectivity index (χ0) is 53.6. The minimum atomic E-state index is -0.833. The first kappa shape index (κ1) is 69.3. The molecule has 6 heteroatoms. The van der Waals surface area contributed by atoms with Gasteiger partial charge in [0.15, 0.2) is 6.10 Å². The van der Waals surface area contributed by atoms with Crippen molar-refractivity contribution in [3.63, 3.8) is 0 Å². The van der Waals surface area contributed by atoms with Gasteiger partial charge < -0.3 is 14.2 Å². The molecule has 0 saturated heterocycles. The van der Waals surface area contributed by atoms with Crippen LogP contribution in [-0.4, -0.2) is 37.2 Å². The summed E-state index contributed by atoms with van der Waals surface area (Å²) in [5.74, 6) is -1.07. The molecule has 0 aliphatic rings. The molecule has 0 aliphatic heterocycles. The summed E-state index contributed by atoms with van der Waals surface area (Å²) < 4.78 is 16.6. The fourth-order valence-corrected chi connectivity index (χ4v) is 7.73. The third-order valence-corrected chi connectivity index (χ3v) is 12.1. The van der Waals surface area contributed by atoms with Crippen LogP contribution in [0.15, 0.2) is 146 Å². The lowest BCUT2D eigenvalue weighted by molar-refractivity contribution is -0.166. The molecule has 0 aliphatic carbocycles. The lowest BCUT2D eigenvalue weighted by Gasteiger charge is -2.18. The van der Waals surface area contributed by atoms with Crippen LogP contribution in [0, 0.1) is 0 Å². The van der Waals surface area contributed by atoms with E-state index < -0.39 is 12.1 Å². The Bertz CT molecular complexity index is 1640. The molecule has 1 atom stereocenters. The molecule has 0 spiro atoms. The molecule has 0 aromatic rings. The number of carbonyl (C=O) groups is 3. The van der Waals surface area contributed by atoms with Crippen molar-refractivity contribution in [2.75, 3.05) is 13.2 Å². The van der Waals surface area contributed by atoms with Gasteiger partial charge in [-0.2, -0.15) is 0 Å². The summed E-state index contributed by atoms with van der Waals surface area (Å²) in [5, 5.41) is 0. The fourth-order valence-electron chi connectivity index (χ4n) is 7.73. The van der Waals surface area contributed by atoms with Crippen LogP contribution in [0.2, 0.25) is 0 Å². The summed E-state index contributed by atoms with van der Waals surface area (Å²) in [5.41, 5.74) is 0. The van der Waals surface area contributed by atoms with Crippen molar-refractivity contribution in [2.24, 2.45) is 0 Å². The number of carbonyl (C=O) groups excluding carboxylic acids is 3. The van der Waals surface area contributed by atoms with Crippen LogP contribution in [0.25, 0.3) is 0 Å². The van der Waals surface area contributed by atoms with Gasteiger partial charge in [0.1, 0.15) is 13.2 Å². The van der Waals surface area contributed by atoms with E-state index in [4.69, 9.17) is 14.2 Å². The normalized spacial score (nSPS) is 13.2. The zero-order valence-electron chi connectivity index (χ0n) is 47.5. The van der Waals surface area contributed by atoms with Gasteiger partial charge in [0, 0.05) is 12.8 Å². The average Bonchev–Trinajstić information content (AvgIpc) is 3.40. The molecule has 6 nitrogen and oxygen atoms in total. The molecule has 0 N–H and O–H groups in total. The van der Waals surface area contributed by atoms with Crippen LogP contribution >= 0.6 is 0 Å². The highest BCUT2D eigenvalue weighted by atomic mass is 16.6. The standard InChI is InChI=1S/C68H108O6/c1-4-7-10-13-16-18-20-22-24-25-26-27-28-29-30-31-32-33-34-35-36-37-38-39-40-41-42-43-45-46-48-50-52-55-58-61-67(70)73-64-65(63-72-66(69)60-57-54-15-12-9-6-3)74-68(71)62-59-56-53-51-49-47-44-23-21-19-17-14-11-8-5-2/h7-8,10-11,16-19,22-24,26-27,29-30,32-33,35-36,44,49,51,56,59,65H,4-6,9,12-15,20-21,25,28,31,34,37-43,45-48,50,52-55,57-58,60-64H2,1-3H3/b10-7-,11-8-,18-16-,19-17-,24-22-,27-26-,30-29-,33-32-,36-35-,44-23-,51-49-,59-56-. The molecule has 1 unspecified atom stereocenters. The first-order valence-corrected chi connectivity index (χ1v) is 29.8. The second-order valence-electron chi connectivity index (χ2n) is 19.2. The van der Waals surface area contributed by atoms with Gasteiger partial charge >= 0.3 is 17.9 Å². The van der Waals surface area contributed by atoms with Crippen LogP contribution in [-0.2, 0) is 28.6 Å². The first-order chi connectivity index (χ1) is 36.5. The highest BCUT2D eigenvalue weighted by Crippen LogP contribution is 2.15. The number of ether oxygens (including phenoxy) is 3. The Hall–Kier alpha value is -4.71. The number of allylic oxidation sites excluding steroid dienone is 23. The van der Waals surface area contributed by atoms with E-state index in [0.29, 0.717) is 12.8 Å². The van der Waals surface area contributed by atoms with Crippen LogP contribution < -0.4 is 0 Å². The van der Waals surface area contributed by atoms with Gasteiger partial charge in [-0.1, -0.05) is 269 Å². The number of rotatable bonds is 52. The topological polar surface area (TPSA) is 78.9 Å². The van der Waals surface area contributed by atoms with Crippen molar-refractivity contribution < 1.29 is 28.6 Å². The third-order valence-electron chi connectivity index (χ3n) is 12.1. The second kappa shape index (κ2) is 60.8. The average molecular weight is 1020 g/mol. The summed E-state index contributed by atoms with van der Waals surface area (Å²) >= 11 is 0. The van der Waals surface area contributed by atoms with Crippen molar-refractivity contribution in [2.45, 2.75) is 252 Å². The Balaban J connectivity index is 4.09. The maximum atomic E-state index is 12.7. The van der Waals surface area contributed by atoms with Crippen molar-refractivity contribution in [3.05, 3.63) is 146 Å². The van der Waals surface area contributed by atoms with Crippen molar-refractivity contribution >= 4 is 17.9 Å². The van der Waals surface area contributed by atoms with E-state index in [0.717, 1.165) is 116 Å². The van der Waals surface area contributed by atoms with Gasteiger partial charge in [0.05, 0.1) is 6.42 Å². The Morgan fingerprint density at radius 2 is 0.568 bits per heavy atom. The number of hydrogen-bond donors (Lipinski definition) is 0. The fraction of sp³-hybridized carbons (Fsp3) is 0.603. The maximum Gasteiger partial charge on any atom is 0.310 e. The largest absolute Gasteiger partial charge is 0.462 e. The minimum absolute atomic E-state index is 0.0932. The molecule has 416 valence electrons. The number of esters is 3. The number of hydrogen-bond acceptors (Lipinski definition) is 6. The molecule has 0 aromatic carbocycles. The lowest BCUT2D eigenvalue weighted by Crippen LogP contribution is -2.30. The van der Waals surface area contributed by atoms with Crippen LogP contribution in [0.4, 0.5) is 0 Å². The molecule has 0 aromatic heterocycles. The smallest absolute Gasteiger partial charge is 0.310 e. The van der Waals surface area contributed by atoms with E-state index in [9.17, 15) is 14.4 Å². The van der Waals surface area contributed by atoms with Crippen molar-refractivity contribution in [1.82, 2.24) is 0 Å². The zero-order valence-corrected chi connectivity index (χ0v) is 47.5. The van der Waals surface area contributed by atoms with E-state index >= 15 is 0 Å². The van der Waals surface area contributed by atoms with E-state index in [1.807, 2.05) is 6.08 Å². The molecule has 0 amide bonds. The van der Waals surface area contributed by atoms with E-state index in [1.165, 1.54) is 89.9 Å². The van der Waals surface area contributed by atoms with E-state index in [2.05, 4.69) is 154 Å². The maximum absolute atomic E-state index is 12.7. The van der Waals surface area contributed by atoms with Crippen LogP contribution in [0.5, 0.6) is 0 Å². The summed E-state index contributed by atoms with van der Waals surface area (Å²) in [6, 6.07) is 0. The Morgan fingerprint density at radius 1 is 0.297 bits per heavy atom. The molecule has 0 fully saturated rings. The van der Waals surface area contributed by atoms with Gasteiger partial charge in [-0.25, -0.2) is 0 Å². The van der Waals surface area contributed by atoms with Crippen molar-refractivity contribution in [1.29, 1.82) is 0 Å². The second-order valence-corrected chi connectivity index (χ2v) is 19.2. The highest BCUT2D eigenvalue weighted by Gasteiger charge is 2.19. The molecule has 0 bridgehead atoms. The van der Waals surface area contributed by atoms with Gasteiger partial charge in [-0.05, 0) is 103 Å². The quantitative estimate of drug-likeness (QED) is 0.0261. The Kier molecular flexibility index (Phi) is 57.0. The van der Waals surface area contributed by atoms with Crippen LogP contribution in [0.1, 0.15) is 245 Å². The first-order valence-electron chi connectivity index (χ1n) is 29.8. The summed E-state index contributed by atoms with van der Waals surface area (Å²) in [6.45, 7) is 6.25. The summed E-state index contributed by atoms with van der Waals surface area (Å²) in [7, 11) is 0. The molecular formula is C68H108O6. The summed E-state index contributed by atoms with van der Waals surface area (Å²) in [4.78, 5) is 37.8. The third kappa shape index (κ3) is 58.2. The van der Waals surface area contributed by atoms with Crippen molar-refractivity contribution in [3.8, 4) is 0 Å². The van der Waals surface area contributed by atoms with Gasteiger partial charge in [-0.15, -0.1) is 0 Å². The minimum Gasteiger partial charge on any atom is -0.462 e. The predicted molar refractivity (Wildman–Crippen MR) is 320 cm³/mol. The summed E-state index contributed by atoms with van der Waals surface area (Å²) in [6.07, 6.45) is 87.8.